The van der Waals surface area contributed by atoms with E-state index in [4.69, 9.17) is 10.1 Å². The van der Waals surface area contributed by atoms with Gasteiger partial charge in [-0.3, -0.25) is 9.78 Å². The predicted molar refractivity (Wildman–Crippen MR) is 73.3 cm³/mol. The Morgan fingerprint density at radius 3 is 2.95 bits per heavy atom. The van der Waals surface area contributed by atoms with Gasteiger partial charge in [-0.1, -0.05) is 0 Å². The molecular weight excluding hydrogens is 260 g/mol. The van der Waals surface area contributed by atoms with E-state index in [1.165, 1.54) is 12.8 Å². The van der Waals surface area contributed by atoms with Gasteiger partial charge in [0.05, 0.1) is 12.1 Å². The van der Waals surface area contributed by atoms with E-state index in [2.05, 4.69) is 4.98 Å². The molecule has 5 heteroatoms. The molecule has 1 N–H and O–H groups in total. The van der Waals surface area contributed by atoms with Gasteiger partial charge < -0.3 is 5.11 Å². The van der Waals surface area contributed by atoms with Crippen LogP contribution in [-0.2, 0) is 11.2 Å². The molecule has 0 saturated heterocycles. The maximum atomic E-state index is 10.7. The van der Waals surface area contributed by atoms with Crippen molar-refractivity contribution in [1.82, 2.24) is 9.97 Å². The molecule has 1 saturated carbocycles. The SMILES string of the molecule is O=C(O)CCc1sc(-c2cccnc2)nc1C1CC1. The molecule has 4 nitrogen and oxygen atoms in total. The number of aliphatic carboxylic acids is 1. The number of hydrogen-bond donors (Lipinski definition) is 1. The first-order valence-corrected chi connectivity index (χ1v) is 7.17. The zero-order valence-electron chi connectivity index (χ0n) is 10.4. The topological polar surface area (TPSA) is 63.1 Å². The summed E-state index contributed by atoms with van der Waals surface area (Å²) in [6.07, 6.45) is 6.65. The van der Waals surface area contributed by atoms with E-state index >= 15 is 0 Å². The van der Waals surface area contributed by atoms with Crippen molar-refractivity contribution in [2.24, 2.45) is 0 Å². The second kappa shape index (κ2) is 5.09. The summed E-state index contributed by atoms with van der Waals surface area (Å²) in [6.45, 7) is 0. The minimum Gasteiger partial charge on any atom is -0.481 e. The van der Waals surface area contributed by atoms with E-state index in [1.807, 2.05) is 12.1 Å². The van der Waals surface area contributed by atoms with Gasteiger partial charge in [0.1, 0.15) is 5.01 Å². The van der Waals surface area contributed by atoms with Gasteiger partial charge in [-0.25, -0.2) is 4.98 Å². The number of aryl methyl sites for hydroxylation is 1. The Bertz CT molecular complexity index is 591. The smallest absolute Gasteiger partial charge is 0.303 e. The summed E-state index contributed by atoms with van der Waals surface area (Å²) in [4.78, 5) is 20.7. The van der Waals surface area contributed by atoms with E-state index in [9.17, 15) is 4.79 Å². The molecule has 2 aromatic heterocycles. The first kappa shape index (κ1) is 12.3. The van der Waals surface area contributed by atoms with Crippen LogP contribution in [0.4, 0.5) is 0 Å². The average molecular weight is 274 g/mol. The monoisotopic (exact) mass is 274 g/mol. The summed E-state index contributed by atoms with van der Waals surface area (Å²) in [7, 11) is 0. The van der Waals surface area contributed by atoms with Gasteiger partial charge in [-0.05, 0) is 31.4 Å². The zero-order valence-corrected chi connectivity index (χ0v) is 11.2. The number of aromatic nitrogens is 2. The molecule has 1 fully saturated rings. The third-order valence-electron chi connectivity index (χ3n) is 3.17. The summed E-state index contributed by atoms with van der Waals surface area (Å²) in [6, 6.07) is 3.88. The second-order valence-corrected chi connectivity index (χ2v) is 5.82. The fourth-order valence-electron chi connectivity index (χ4n) is 2.05. The predicted octanol–water partition coefficient (Wildman–Crippen LogP) is 3.10. The highest BCUT2D eigenvalue weighted by Crippen LogP contribution is 2.44. The Morgan fingerprint density at radius 1 is 1.47 bits per heavy atom. The van der Waals surface area contributed by atoms with Crippen LogP contribution in [0.5, 0.6) is 0 Å². The van der Waals surface area contributed by atoms with Crippen LogP contribution in [0.25, 0.3) is 10.6 Å². The molecule has 0 bridgehead atoms. The van der Waals surface area contributed by atoms with Gasteiger partial charge >= 0.3 is 5.97 Å². The first-order chi connectivity index (χ1) is 9.24. The summed E-state index contributed by atoms with van der Waals surface area (Å²) in [5.41, 5.74) is 2.13. The molecule has 1 aliphatic carbocycles. The summed E-state index contributed by atoms with van der Waals surface area (Å²) >= 11 is 1.61. The summed E-state index contributed by atoms with van der Waals surface area (Å²) in [5.74, 6) is -0.205. The Labute approximate surface area is 115 Å². The van der Waals surface area contributed by atoms with Gasteiger partial charge in [0, 0.05) is 28.8 Å². The van der Waals surface area contributed by atoms with Crippen molar-refractivity contribution < 1.29 is 9.90 Å². The molecule has 0 unspecified atom stereocenters. The molecule has 0 amide bonds. The van der Waals surface area contributed by atoms with Crippen LogP contribution in [0.3, 0.4) is 0 Å². The van der Waals surface area contributed by atoms with Gasteiger partial charge in [-0.15, -0.1) is 11.3 Å². The maximum Gasteiger partial charge on any atom is 0.303 e. The van der Waals surface area contributed by atoms with E-state index in [1.54, 1.807) is 23.7 Å². The Kier molecular flexibility index (Phi) is 3.29. The minimum absolute atomic E-state index is 0.175. The number of carbonyl (C=O) groups is 1. The Hall–Kier alpha value is -1.75. The standard InChI is InChI=1S/C14H14N2O2S/c17-12(18)6-5-11-13(9-3-4-9)16-14(19-11)10-2-1-7-15-8-10/h1-2,7-9H,3-6H2,(H,17,18). The highest BCUT2D eigenvalue weighted by atomic mass is 32.1. The van der Waals surface area contributed by atoms with Crippen molar-refractivity contribution >= 4 is 17.3 Å². The van der Waals surface area contributed by atoms with Crippen LogP contribution < -0.4 is 0 Å². The lowest BCUT2D eigenvalue weighted by atomic mass is 10.2. The summed E-state index contributed by atoms with van der Waals surface area (Å²) in [5, 5.41) is 9.77. The van der Waals surface area contributed by atoms with E-state index in [0.29, 0.717) is 12.3 Å². The Balaban J connectivity index is 1.90. The molecule has 98 valence electrons. The number of hydrogen-bond acceptors (Lipinski definition) is 4. The maximum absolute atomic E-state index is 10.7. The lowest BCUT2D eigenvalue weighted by molar-refractivity contribution is -0.136. The number of pyridine rings is 1. The molecule has 0 atom stereocenters. The van der Waals surface area contributed by atoms with Gasteiger partial charge in [0.15, 0.2) is 0 Å². The average Bonchev–Trinajstić information content (AvgIpc) is 3.17. The lowest BCUT2D eigenvalue weighted by Crippen LogP contribution is -1.98. The van der Waals surface area contributed by atoms with Gasteiger partial charge in [0.2, 0.25) is 0 Å². The molecule has 0 aliphatic heterocycles. The Morgan fingerprint density at radius 2 is 2.32 bits per heavy atom. The fourth-order valence-corrected chi connectivity index (χ4v) is 3.19. The molecule has 2 heterocycles. The molecule has 0 aromatic carbocycles. The third kappa shape index (κ3) is 2.81. The quantitative estimate of drug-likeness (QED) is 0.910. The van der Waals surface area contributed by atoms with Crippen molar-refractivity contribution in [3.63, 3.8) is 0 Å². The number of carboxylic acid groups (broad SMARTS) is 1. The highest BCUT2D eigenvalue weighted by Gasteiger charge is 2.29. The van der Waals surface area contributed by atoms with Crippen molar-refractivity contribution in [1.29, 1.82) is 0 Å². The molecule has 0 spiro atoms. The van der Waals surface area contributed by atoms with Crippen LogP contribution in [-0.4, -0.2) is 21.0 Å². The van der Waals surface area contributed by atoms with Gasteiger partial charge in [0.25, 0.3) is 0 Å². The second-order valence-electron chi connectivity index (χ2n) is 4.74. The lowest BCUT2D eigenvalue weighted by Gasteiger charge is -1.97. The largest absolute Gasteiger partial charge is 0.481 e. The molecule has 0 radical (unpaired) electrons. The first-order valence-electron chi connectivity index (χ1n) is 6.36. The van der Waals surface area contributed by atoms with Crippen LogP contribution in [0.15, 0.2) is 24.5 Å². The summed E-state index contributed by atoms with van der Waals surface area (Å²) < 4.78 is 0. The highest BCUT2D eigenvalue weighted by molar-refractivity contribution is 7.15. The van der Waals surface area contributed by atoms with Crippen LogP contribution >= 0.6 is 11.3 Å². The van der Waals surface area contributed by atoms with E-state index in [-0.39, 0.29) is 6.42 Å². The molecular formula is C14H14N2O2S. The van der Waals surface area contributed by atoms with Crippen LogP contribution in [0.2, 0.25) is 0 Å². The number of rotatable bonds is 5. The third-order valence-corrected chi connectivity index (χ3v) is 4.35. The zero-order chi connectivity index (χ0) is 13.2. The number of carboxylic acids is 1. The van der Waals surface area contributed by atoms with Gasteiger partial charge in [-0.2, -0.15) is 0 Å². The molecule has 2 aromatic rings. The van der Waals surface area contributed by atoms with E-state index in [0.717, 1.165) is 21.1 Å². The number of nitrogens with zero attached hydrogens (tertiary/aromatic N) is 2. The normalized spacial score (nSPS) is 14.5. The molecule has 19 heavy (non-hydrogen) atoms. The molecule has 1 aliphatic rings. The fraction of sp³-hybridized carbons (Fsp3) is 0.357. The van der Waals surface area contributed by atoms with Crippen LogP contribution in [0, 0.1) is 0 Å². The van der Waals surface area contributed by atoms with Crippen LogP contribution in [0.1, 0.15) is 35.8 Å². The van der Waals surface area contributed by atoms with Crippen molar-refractivity contribution in [2.75, 3.05) is 0 Å². The van der Waals surface area contributed by atoms with E-state index < -0.39 is 5.97 Å². The van der Waals surface area contributed by atoms with Crippen molar-refractivity contribution in [3.8, 4) is 10.6 Å². The number of thiazole rings is 1. The molecule has 3 rings (SSSR count). The van der Waals surface area contributed by atoms with Crippen molar-refractivity contribution in [3.05, 3.63) is 35.1 Å². The minimum atomic E-state index is -0.752. The van der Waals surface area contributed by atoms with Crippen molar-refractivity contribution in [2.45, 2.75) is 31.6 Å².